The van der Waals surface area contributed by atoms with E-state index in [0.29, 0.717) is 0 Å². The molecule has 1 aromatic heterocycles. The van der Waals surface area contributed by atoms with E-state index < -0.39 is 23.9 Å². The number of nitrogens with zero attached hydrogens (tertiary/aromatic N) is 1. The van der Waals surface area contributed by atoms with Gasteiger partial charge in [-0.25, -0.2) is 13.8 Å². The van der Waals surface area contributed by atoms with E-state index in [1.807, 2.05) is 0 Å². The molecule has 1 rings (SSSR count). The quantitative estimate of drug-likeness (QED) is 0.614. The summed E-state index contributed by atoms with van der Waals surface area (Å²) in [6.07, 6.45) is -3.37. The molecule has 0 atom stereocenters. The van der Waals surface area contributed by atoms with Crippen LogP contribution in [0.3, 0.4) is 0 Å². The molecule has 16 heavy (non-hydrogen) atoms. The largest absolute Gasteiger partial charge is 0.469 e. The zero-order chi connectivity index (χ0) is 12.3. The number of methoxy groups -OCH3 is 1. The first-order chi connectivity index (χ1) is 7.45. The van der Waals surface area contributed by atoms with Gasteiger partial charge >= 0.3 is 5.97 Å². The van der Waals surface area contributed by atoms with Gasteiger partial charge in [-0.15, -0.1) is 0 Å². The van der Waals surface area contributed by atoms with Crippen molar-refractivity contribution in [3.63, 3.8) is 0 Å². The first-order valence-electron chi connectivity index (χ1n) is 4.15. The Morgan fingerprint density at radius 1 is 1.62 bits per heavy atom. The van der Waals surface area contributed by atoms with Crippen LogP contribution in [-0.2, 0) is 16.0 Å². The van der Waals surface area contributed by atoms with Gasteiger partial charge in [0.2, 0.25) is 5.95 Å². The van der Waals surface area contributed by atoms with Crippen molar-refractivity contribution in [3.8, 4) is 0 Å². The minimum atomic E-state index is -3.00. The number of aromatic nitrogens is 1. The summed E-state index contributed by atoms with van der Waals surface area (Å²) in [4.78, 5) is 14.1. The molecule has 3 nitrogen and oxygen atoms in total. The van der Waals surface area contributed by atoms with Crippen LogP contribution in [0.15, 0.2) is 6.07 Å². The molecule has 0 aliphatic rings. The second-order valence-electron chi connectivity index (χ2n) is 2.85. The lowest BCUT2D eigenvalue weighted by atomic mass is 10.2. The first kappa shape index (κ1) is 12.8. The standard InChI is InChI=1S/C9H7ClF3NO2/c1-16-7(15)3-6-5(10)2-4(8(11)12)9(13)14-6/h2,8H,3H2,1H3. The van der Waals surface area contributed by atoms with Gasteiger partial charge in [0.1, 0.15) is 0 Å². The van der Waals surface area contributed by atoms with Crippen LogP contribution in [0.5, 0.6) is 0 Å². The van der Waals surface area contributed by atoms with Gasteiger partial charge in [-0.3, -0.25) is 4.79 Å². The molecule has 0 fully saturated rings. The second kappa shape index (κ2) is 5.16. The van der Waals surface area contributed by atoms with E-state index in [0.717, 1.165) is 13.2 Å². The number of hydrogen-bond acceptors (Lipinski definition) is 3. The molecule has 0 aliphatic carbocycles. The van der Waals surface area contributed by atoms with E-state index >= 15 is 0 Å². The monoisotopic (exact) mass is 253 g/mol. The van der Waals surface area contributed by atoms with Crippen molar-refractivity contribution in [3.05, 3.63) is 28.3 Å². The van der Waals surface area contributed by atoms with Crippen LogP contribution in [0.2, 0.25) is 5.02 Å². The van der Waals surface area contributed by atoms with E-state index in [9.17, 15) is 18.0 Å². The van der Waals surface area contributed by atoms with Gasteiger partial charge in [0.05, 0.1) is 29.8 Å². The molecular formula is C9H7ClF3NO2. The molecule has 88 valence electrons. The molecule has 0 unspecified atom stereocenters. The molecule has 0 N–H and O–H groups in total. The number of halogens is 4. The minimum absolute atomic E-state index is 0.129. The molecule has 0 radical (unpaired) electrons. The molecule has 0 aromatic carbocycles. The van der Waals surface area contributed by atoms with E-state index in [2.05, 4.69) is 9.72 Å². The third-order valence-corrected chi connectivity index (χ3v) is 2.13. The molecule has 0 saturated heterocycles. The van der Waals surface area contributed by atoms with Crippen molar-refractivity contribution in [1.29, 1.82) is 0 Å². The van der Waals surface area contributed by atoms with Gasteiger partial charge < -0.3 is 4.74 Å². The normalized spacial score (nSPS) is 10.6. The van der Waals surface area contributed by atoms with E-state index in [4.69, 9.17) is 11.6 Å². The highest BCUT2D eigenvalue weighted by atomic mass is 35.5. The fourth-order valence-electron chi connectivity index (χ4n) is 1.00. The molecule has 1 heterocycles. The number of ether oxygens (including phenoxy) is 1. The number of carbonyl (C=O) groups is 1. The highest BCUT2D eigenvalue weighted by molar-refractivity contribution is 6.31. The maximum atomic E-state index is 13.0. The lowest BCUT2D eigenvalue weighted by Crippen LogP contribution is -2.09. The number of esters is 1. The summed E-state index contributed by atoms with van der Waals surface area (Å²) in [5.74, 6) is -2.02. The maximum Gasteiger partial charge on any atom is 0.311 e. The topological polar surface area (TPSA) is 39.2 Å². The zero-order valence-corrected chi connectivity index (χ0v) is 8.89. The third kappa shape index (κ3) is 2.85. The third-order valence-electron chi connectivity index (χ3n) is 1.80. The summed E-state index contributed by atoms with van der Waals surface area (Å²) >= 11 is 5.58. The molecule has 7 heteroatoms. The van der Waals surface area contributed by atoms with Gasteiger partial charge in [-0.05, 0) is 6.07 Å². The molecular weight excluding hydrogens is 247 g/mol. The van der Waals surface area contributed by atoms with Crippen LogP contribution in [-0.4, -0.2) is 18.1 Å². The zero-order valence-electron chi connectivity index (χ0n) is 8.14. The molecule has 0 spiro atoms. The summed E-state index contributed by atoms with van der Waals surface area (Å²) < 4.78 is 41.8. The lowest BCUT2D eigenvalue weighted by Gasteiger charge is -2.06. The van der Waals surface area contributed by atoms with E-state index in [1.54, 1.807) is 0 Å². The Morgan fingerprint density at radius 2 is 2.25 bits per heavy atom. The average molecular weight is 254 g/mol. The number of hydrogen-bond donors (Lipinski definition) is 0. The lowest BCUT2D eigenvalue weighted by molar-refractivity contribution is -0.139. The van der Waals surface area contributed by atoms with Crippen LogP contribution >= 0.6 is 11.6 Å². The Morgan fingerprint density at radius 3 is 2.75 bits per heavy atom. The Bertz CT molecular complexity index is 412. The van der Waals surface area contributed by atoms with Gasteiger partial charge in [-0.2, -0.15) is 4.39 Å². The fourth-order valence-corrected chi connectivity index (χ4v) is 1.23. The molecule has 1 aromatic rings. The van der Waals surface area contributed by atoms with Crippen molar-refractivity contribution in [1.82, 2.24) is 4.98 Å². The SMILES string of the molecule is COC(=O)Cc1nc(F)c(C(F)F)cc1Cl. The summed E-state index contributed by atoms with van der Waals surface area (Å²) in [5, 5.41) is -0.192. The van der Waals surface area contributed by atoms with Crippen molar-refractivity contribution in [2.45, 2.75) is 12.8 Å². The smallest absolute Gasteiger partial charge is 0.311 e. The summed E-state index contributed by atoms with van der Waals surface area (Å²) in [6.45, 7) is 0. The summed E-state index contributed by atoms with van der Waals surface area (Å²) in [5.41, 5.74) is -1.02. The predicted molar refractivity (Wildman–Crippen MR) is 49.9 cm³/mol. The number of alkyl halides is 2. The molecule has 0 bridgehead atoms. The first-order valence-corrected chi connectivity index (χ1v) is 4.53. The Balaban J connectivity index is 3.05. The van der Waals surface area contributed by atoms with Crippen molar-refractivity contribution in [2.75, 3.05) is 7.11 Å². The van der Waals surface area contributed by atoms with E-state index in [-0.39, 0.29) is 17.1 Å². The van der Waals surface area contributed by atoms with Gasteiger partial charge in [0.25, 0.3) is 6.43 Å². The average Bonchev–Trinajstić information content (AvgIpc) is 2.22. The van der Waals surface area contributed by atoms with Gasteiger partial charge in [0.15, 0.2) is 0 Å². The number of carbonyl (C=O) groups excluding carboxylic acids is 1. The second-order valence-corrected chi connectivity index (χ2v) is 3.26. The van der Waals surface area contributed by atoms with Crippen molar-refractivity contribution >= 4 is 17.6 Å². The van der Waals surface area contributed by atoms with Crippen LogP contribution in [0.25, 0.3) is 0 Å². The van der Waals surface area contributed by atoms with Crippen molar-refractivity contribution < 1.29 is 22.7 Å². The predicted octanol–water partition coefficient (Wildman–Crippen LogP) is 2.53. The van der Waals surface area contributed by atoms with Crippen LogP contribution < -0.4 is 0 Å². The number of pyridine rings is 1. The number of rotatable bonds is 3. The van der Waals surface area contributed by atoms with Crippen LogP contribution in [0.4, 0.5) is 13.2 Å². The van der Waals surface area contributed by atoms with Gasteiger partial charge in [0, 0.05) is 0 Å². The van der Waals surface area contributed by atoms with Crippen molar-refractivity contribution in [2.24, 2.45) is 0 Å². The Kier molecular flexibility index (Phi) is 4.12. The molecule has 0 aliphatic heterocycles. The summed E-state index contributed by atoms with van der Waals surface area (Å²) in [6, 6.07) is 0.757. The molecule has 0 amide bonds. The maximum absolute atomic E-state index is 13.0. The minimum Gasteiger partial charge on any atom is -0.469 e. The Labute approximate surface area is 94.2 Å². The van der Waals surface area contributed by atoms with E-state index in [1.165, 1.54) is 0 Å². The Hall–Kier alpha value is -1.30. The highest BCUT2D eigenvalue weighted by Gasteiger charge is 2.19. The fraction of sp³-hybridized carbons (Fsp3) is 0.333. The van der Waals surface area contributed by atoms with Crippen LogP contribution in [0, 0.1) is 5.95 Å². The van der Waals surface area contributed by atoms with Gasteiger partial charge in [-0.1, -0.05) is 11.6 Å². The van der Waals surface area contributed by atoms with Crippen LogP contribution in [0.1, 0.15) is 17.7 Å². The molecule has 0 saturated carbocycles. The summed E-state index contributed by atoms with van der Waals surface area (Å²) in [7, 11) is 1.14. The highest BCUT2D eigenvalue weighted by Crippen LogP contribution is 2.26.